The molecular formula is C32H39ClN2O4. The van der Waals surface area contributed by atoms with Crippen LogP contribution in [0, 0.1) is 0 Å². The summed E-state index contributed by atoms with van der Waals surface area (Å²) >= 11 is 6.26. The molecule has 0 bridgehead atoms. The second kappa shape index (κ2) is 15.2. The number of rotatable bonds is 14. The van der Waals surface area contributed by atoms with Crippen LogP contribution in [0.15, 0.2) is 72.8 Å². The van der Waals surface area contributed by atoms with E-state index in [2.05, 4.69) is 5.32 Å². The summed E-state index contributed by atoms with van der Waals surface area (Å²) in [6, 6.07) is 22.2. The van der Waals surface area contributed by atoms with Gasteiger partial charge in [0, 0.05) is 30.5 Å². The van der Waals surface area contributed by atoms with Crippen LogP contribution in [0.25, 0.3) is 0 Å². The second-order valence-electron chi connectivity index (χ2n) is 9.67. The second-order valence-corrected chi connectivity index (χ2v) is 10.1. The van der Waals surface area contributed by atoms with Crippen LogP contribution >= 0.6 is 11.6 Å². The maximum absolute atomic E-state index is 13.9. The highest BCUT2D eigenvalue weighted by atomic mass is 35.5. The highest BCUT2D eigenvalue weighted by Gasteiger charge is 2.30. The Hall–Kier alpha value is -3.51. The molecule has 0 aliphatic carbocycles. The van der Waals surface area contributed by atoms with Gasteiger partial charge in [-0.25, -0.2) is 0 Å². The third-order valence-electron chi connectivity index (χ3n) is 6.18. The fourth-order valence-corrected chi connectivity index (χ4v) is 4.63. The molecule has 0 radical (unpaired) electrons. The van der Waals surface area contributed by atoms with Gasteiger partial charge in [0.2, 0.25) is 11.8 Å². The van der Waals surface area contributed by atoms with E-state index in [4.69, 9.17) is 21.1 Å². The normalized spacial score (nSPS) is 11.6. The van der Waals surface area contributed by atoms with E-state index in [9.17, 15) is 9.59 Å². The minimum Gasteiger partial charge on any atom is -0.490 e. The van der Waals surface area contributed by atoms with Crippen LogP contribution < -0.4 is 14.8 Å². The fourth-order valence-electron chi connectivity index (χ4n) is 4.41. The van der Waals surface area contributed by atoms with Crippen LogP contribution in [0.4, 0.5) is 0 Å². The van der Waals surface area contributed by atoms with E-state index >= 15 is 0 Å². The molecule has 0 unspecified atom stereocenters. The molecule has 39 heavy (non-hydrogen) atoms. The van der Waals surface area contributed by atoms with E-state index in [1.165, 1.54) is 0 Å². The smallest absolute Gasteiger partial charge is 0.243 e. The Morgan fingerprint density at radius 3 is 2.21 bits per heavy atom. The Balaban J connectivity index is 1.90. The number of carbonyl (C=O) groups excluding carboxylic acids is 2. The van der Waals surface area contributed by atoms with Gasteiger partial charge in [-0.15, -0.1) is 0 Å². The van der Waals surface area contributed by atoms with Gasteiger partial charge < -0.3 is 19.7 Å². The lowest BCUT2D eigenvalue weighted by molar-refractivity contribution is -0.141. The number of aryl methyl sites for hydroxylation is 1. The summed E-state index contributed by atoms with van der Waals surface area (Å²) < 4.78 is 11.4. The molecular weight excluding hydrogens is 512 g/mol. The minimum absolute atomic E-state index is 0.0558. The molecule has 3 aromatic carbocycles. The average Bonchev–Trinajstić information content (AvgIpc) is 2.91. The molecule has 0 heterocycles. The van der Waals surface area contributed by atoms with Gasteiger partial charge in [0.25, 0.3) is 0 Å². The number of benzene rings is 3. The van der Waals surface area contributed by atoms with E-state index in [1.807, 2.05) is 94.4 Å². The Bertz CT molecular complexity index is 1220. The molecule has 0 fully saturated rings. The van der Waals surface area contributed by atoms with E-state index in [1.54, 1.807) is 11.0 Å². The molecule has 7 heteroatoms. The Kier molecular flexibility index (Phi) is 11.7. The van der Waals surface area contributed by atoms with Crippen molar-refractivity contribution in [1.82, 2.24) is 10.2 Å². The maximum Gasteiger partial charge on any atom is 0.243 e. The summed E-state index contributed by atoms with van der Waals surface area (Å²) in [7, 11) is 0. The van der Waals surface area contributed by atoms with Crippen LogP contribution in [0.3, 0.4) is 0 Å². The molecule has 0 spiro atoms. The first-order chi connectivity index (χ1) is 18.8. The fraction of sp³-hybridized carbons (Fsp3) is 0.375. The Morgan fingerprint density at radius 2 is 1.54 bits per heavy atom. The van der Waals surface area contributed by atoms with Crippen LogP contribution in [0.1, 0.15) is 50.8 Å². The number of hydrogen-bond donors (Lipinski definition) is 1. The Labute approximate surface area is 237 Å². The molecule has 1 N–H and O–H groups in total. The van der Waals surface area contributed by atoms with E-state index < -0.39 is 6.04 Å². The minimum atomic E-state index is -0.680. The number of halogens is 1. The van der Waals surface area contributed by atoms with Crippen molar-refractivity contribution < 1.29 is 19.1 Å². The first-order valence-electron chi connectivity index (χ1n) is 13.6. The molecule has 0 aromatic heterocycles. The van der Waals surface area contributed by atoms with Crippen molar-refractivity contribution in [2.45, 2.75) is 65.6 Å². The van der Waals surface area contributed by atoms with Crippen LogP contribution in [0.5, 0.6) is 11.5 Å². The molecule has 6 nitrogen and oxygen atoms in total. The summed E-state index contributed by atoms with van der Waals surface area (Å²) in [5, 5.41) is 3.61. The van der Waals surface area contributed by atoms with Gasteiger partial charge in [0.15, 0.2) is 11.5 Å². The van der Waals surface area contributed by atoms with Gasteiger partial charge in [-0.05, 0) is 75.1 Å². The molecule has 0 aliphatic heterocycles. The lowest BCUT2D eigenvalue weighted by Crippen LogP contribution is -2.51. The van der Waals surface area contributed by atoms with Gasteiger partial charge in [0.05, 0.1) is 13.2 Å². The first kappa shape index (κ1) is 30.0. The predicted molar refractivity (Wildman–Crippen MR) is 156 cm³/mol. The molecule has 0 saturated carbocycles. The van der Waals surface area contributed by atoms with Crippen LogP contribution in [-0.4, -0.2) is 42.0 Å². The topological polar surface area (TPSA) is 67.9 Å². The molecule has 1 atom stereocenters. The number of ether oxygens (including phenoxy) is 2. The van der Waals surface area contributed by atoms with Crippen LogP contribution in [0.2, 0.25) is 5.02 Å². The predicted octanol–water partition coefficient (Wildman–Crippen LogP) is 6.23. The van der Waals surface area contributed by atoms with E-state index in [0.717, 1.165) is 16.7 Å². The zero-order chi connectivity index (χ0) is 28.2. The van der Waals surface area contributed by atoms with Crippen molar-refractivity contribution in [3.8, 4) is 11.5 Å². The quantitative estimate of drug-likeness (QED) is 0.258. The van der Waals surface area contributed by atoms with Gasteiger partial charge in [0.1, 0.15) is 6.04 Å². The third-order valence-corrected chi connectivity index (χ3v) is 6.41. The van der Waals surface area contributed by atoms with Crippen LogP contribution in [-0.2, 0) is 29.0 Å². The molecule has 3 aromatic rings. The van der Waals surface area contributed by atoms with Crippen molar-refractivity contribution >= 4 is 23.4 Å². The van der Waals surface area contributed by atoms with Gasteiger partial charge >= 0.3 is 0 Å². The highest BCUT2D eigenvalue weighted by Crippen LogP contribution is 2.29. The SMILES string of the molecule is CCOc1ccc(CCC(=O)N(Cc2cccc(Cl)c2)[C@@H](Cc2ccccc2)C(=O)NC(C)C)cc1OCC. The zero-order valence-electron chi connectivity index (χ0n) is 23.3. The standard InChI is InChI=1S/C32H39ClN2O4/c1-5-38-29-17-15-25(21-30(29)39-6-2)16-18-31(36)35(22-26-13-10-14-27(33)19-26)28(32(37)34-23(3)4)20-24-11-8-7-9-12-24/h7-15,17,19,21,23,28H,5-6,16,18,20,22H2,1-4H3,(H,34,37)/t28-/m0/s1. The monoisotopic (exact) mass is 550 g/mol. The van der Waals surface area contributed by atoms with Gasteiger partial charge in [-0.1, -0.05) is 60.1 Å². The summed E-state index contributed by atoms with van der Waals surface area (Å²) in [6.07, 6.45) is 1.14. The molecule has 0 saturated heterocycles. The summed E-state index contributed by atoms with van der Waals surface area (Å²) in [5.41, 5.74) is 2.81. The van der Waals surface area contributed by atoms with E-state index in [0.29, 0.717) is 42.6 Å². The maximum atomic E-state index is 13.9. The average molecular weight is 551 g/mol. The van der Waals surface area contributed by atoms with Crippen molar-refractivity contribution in [1.29, 1.82) is 0 Å². The Morgan fingerprint density at radius 1 is 0.846 bits per heavy atom. The van der Waals surface area contributed by atoms with Gasteiger partial charge in [-0.2, -0.15) is 0 Å². The van der Waals surface area contributed by atoms with E-state index in [-0.39, 0.29) is 30.8 Å². The van der Waals surface area contributed by atoms with Crippen molar-refractivity contribution in [3.05, 3.63) is 94.5 Å². The van der Waals surface area contributed by atoms with Crippen molar-refractivity contribution in [3.63, 3.8) is 0 Å². The number of nitrogens with one attached hydrogen (secondary N) is 1. The largest absolute Gasteiger partial charge is 0.490 e. The highest BCUT2D eigenvalue weighted by molar-refractivity contribution is 6.30. The number of nitrogens with zero attached hydrogens (tertiary/aromatic N) is 1. The summed E-state index contributed by atoms with van der Waals surface area (Å²) in [5.74, 6) is 1.06. The molecule has 3 rings (SSSR count). The van der Waals surface area contributed by atoms with Crippen molar-refractivity contribution in [2.75, 3.05) is 13.2 Å². The molecule has 2 amide bonds. The zero-order valence-corrected chi connectivity index (χ0v) is 24.0. The number of hydrogen-bond acceptors (Lipinski definition) is 4. The first-order valence-corrected chi connectivity index (χ1v) is 13.9. The molecule has 0 aliphatic rings. The number of amides is 2. The molecule has 208 valence electrons. The summed E-state index contributed by atoms with van der Waals surface area (Å²) in [6.45, 7) is 9.02. The number of carbonyl (C=O) groups is 2. The lowest BCUT2D eigenvalue weighted by atomic mass is 10.0. The van der Waals surface area contributed by atoms with Crippen molar-refractivity contribution in [2.24, 2.45) is 0 Å². The summed E-state index contributed by atoms with van der Waals surface area (Å²) in [4.78, 5) is 29.0. The van der Waals surface area contributed by atoms with Gasteiger partial charge in [-0.3, -0.25) is 9.59 Å². The lowest BCUT2D eigenvalue weighted by Gasteiger charge is -2.32. The third kappa shape index (κ3) is 9.32.